The molecule has 0 fully saturated rings. The number of rotatable bonds is 19. The van der Waals surface area contributed by atoms with Gasteiger partial charge in [0.05, 0.1) is 27.2 Å². The van der Waals surface area contributed by atoms with Crippen molar-refractivity contribution in [2.45, 2.75) is 83.3 Å². The number of carbonyl (C=O) groups excluding carboxylic acids is 2. The van der Waals surface area contributed by atoms with Crippen molar-refractivity contribution in [3.05, 3.63) is 48.6 Å². The molecule has 0 rings (SSSR count). The molecule has 1 N–H and O–H groups in total. The van der Waals surface area contributed by atoms with Crippen molar-refractivity contribution in [1.82, 2.24) is 0 Å². The SMILES string of the molecule is CCCCC/C=C/C/C=C/C=C/C(O)C/C=C/CCCC(=O)OC(CC(=O)[O-])C[N+](C)(C)C. The van der Waals surface area contributed by atoms with Gasteiger partial charge in [0.25, 0.3) is 0 Å². The molecule has 0 spiro atoms. The molecule has 0 aliphatic heterocycles. The molecule has 0 aromatic heterocycles. The smallest absolute Gasteiger partial charge is 0.306 e. The van der Waals surface area contributed by atoms with Crippen molar-refractivity contribution < 1.29 is 29.0 Å². The molecule has 0 bridgehead atoms. The minimum Gasteiger partial charge on any atom is -0.550 e. The fraction of sp³-hybridized carbons (Fsp3) is 0.630. The van der Waals surface area contributed by atoms with Crippen LogP contribution in [0.1, 0.15) is 71.1 Å². The Balaban J connectivity index is 4.01. The van der Waals surface area contributed by atoms with Crippen molar-refractivity contribution in [2.75, 3.05) is 27.7 Å². The van der Waals surface area contributed by atoms with Gasteiger partial charge in [-0.15, -0.1) is 0 Å². The van der Waals surface area contributed by atoms with Crippen molar-refractivity contribution in [2.24, 2.45) is 0 Å². The van der Waals surface area contributed by atoms with Gasteiger partial charge in [0.15, 0.2) is 6.10 Å². The molecule has 0 aromatic rings. The molecule has 6 nitrogen and oxygen atoms in total. The van der Waals surface area contributed by atoms with Crippen LogP contribution in [0.5, 0.6) is 0 Å². The molecule has 0 aliphatic rings. The molecule has 2 unspecified atom stereocenters. The number of likely N-dealkylation sites (N-methyl/N-ethyl adjacent to an activating group) is 1. The third-order valence-corrected chi connectivity index (χ3v) is 4.73. The Kier molecular flexibility index (Phi) is 18.0. The average Bonchev–Trinajstić information content (AvgIpc) is 2.70. The summed E-state index contributed by atoms with van der Waals surface area (Å²) in [4.78, 5) is 22.9. The first-order chi connectivity index (χ1) is 15.6. The third-order valence-electron chi connectivity index (χ3n) is 4.73. The number of hydrogen-bond donors (Lipinski definition) is 1. The van der Waals surface area contributed by atoms with Crippen LogP contribution >= 0.6 is 0 Å². The molecule has 0 radical (unpaired) electrons. The number of quaternary nitrogens is 1. The first kappa shape index (κ1) is 30.8. The van der Waals surface area contributed by atoms with Crippen LogP contribution in [-0.2, 0) is 14.3 Å². The number of carbonyl (C=O) groups is 2. The highest BCUT2D eigenvalue weighted by molar-refractivity contribution is 5.70. The van der Waals surface area contributed by atoms with Crippen molar-refractivity contribution >= 4 is 11.9 Å². The first-order valence-corrected chi connectivity index (χ1v) is 12.1. The van der Waals surface area contributed by atoms with Crippen LogP contribution in [0.25, 0.3) is 0 Å². The Labute approximate surface area is 200 Å². The number of esters is 1. The molecular weight excluding hydrogens is 418 g/mol. The van der Waals surface area contributed by atoms with E-state index in [2.05, 4.69) is 25.2 Å². The summed E-state index contributed by atoms with van der Waals surface area (Å²) in [5.74, 6) is -1.62. The molecule has 33 heavy (non-hydrogen) atoms. The molecule has 0 amide bonds. The van der Waals surface area contributed by atoms with Gasteiger partial charge in [-0.05, 0) is 38.5 Å². The minimum atomic E-state index is -1.22. The van der Waals surface area contributed by atoms with Crippen molar-refractivity contribution in [3.63, 3.8) is 0 Å². The van der Waals surface area contributed by atoms with Gasteiger partial charge < -0.3 is 24.2 Å². The molecule has 0 saturated heterocycles. The molecule has 6 heteroatoms. The Morgan fingerprint density at radius 1 is 0.970 bits per heavy atom. The number of aliphatic hydroxyl groups excluding tert-OH is 1. The maximum Gasteiger partial charge on any atom is 0.306 e. The zero-order valence-electron chi connectivity index (χ0n) is 21.1. The summed E-state index contributed by atoms with van der Waals surface area (Å²) in [5, 5.41) is 20.8. The summed E-state index contributed by atoms with van der Waals surface area (Å²) < 4.78 is 5.82. The van der Waals surface area contributed by atoms with Gasteiger partial charge in [0, 0.05) is 18.8 Å². The van der Waals surface area contributed by atoms with Gasteiger partial charge in [-0.25, -0.2) is 0 Å². The van der Waals surface area contributed by atoms with Crippen molar-refractivity contribution in [3.8, 4) is 0 Å². The molecule has 2 atom stereocenters. The summed E-state index contributed by atoms with van der Waals surface area (Å²) >= 11 is 0. The van der Waals surface area contributed by atoms with E-state index < -0.39 is 24.1 Å². The quantitative estimate of drug-likeness (QED) is 0.103. The third kappa shape index (κ3) is 22.8. The van der Waals surface area contributed by atoms with E-state index in [0.717, 1.165) is 12.8 Å². The number of nitrogens with zero attached hydrogens (tertiary/aromatic N) is 1. The van der Waals surface area contributed by atoms with E-state index in [1.54, 1.807) is 6.08 Å². The zero-order chi connectivity index (χ0) is 25.0. The normalized spacial score (nSPS) is 14.6. The maximum atomic E-state index is 12.0. The van der Waals surface area contributed by atoms with E-state index in [1.165, 1.54) is 19.3 Å². The van der Waals surface area contributed by atoms with Crippen LogP contribution in [0.4, 0.5) is 0 Å². The second-order valence-electron chi connectivity index (χ2n) is 9.34. The number of unbranched alkanes of at least 4 members (excludes halogenated alkanes) is 4. The number of ether oxygens (including phenoxy) is 1. The van der Waals surface area contributed by atoms with Crippen LogP contribution in [0.15, 0.2) is 48.6 Å². The highest BCUT2D eigenvalue weighted by Crippen LogP contribution is 2.08. The van der Waals surface area contributed by atoms with E-state index >= 15 is 0 Å². The van der Waals surface area contributed by atoms with Gasteiger partial charge in [-0.2, -0.15) is 0 Å². The number of hydrogen-bond acceptors (Lipinski definition) is 5. The summed E-state index contributed by atoms with van der Waals surface area (Å²) in [7, 11) is 5.73. The Morgan fingerprint density at radius 3 is 2.33 bits per heavy atom. The fourth-order valence-electron chi connectivity index (χ4n) is 3.14. The second-order valence-corrected chi connectivity index (χ2v) is 9.34. The van der Waals surface area contributed by atoms with Crippen LogP contribution in [-0.4, -0.2) is 61.4 Å². The van der Waals surface area contributed by atoms with Crippen LogP contribution in [0.2, 0.25) is 0 Å². The molecular formula is C27H45NO5. The standard InChI is InChI=1S/C27H45NO5/c1-5-6-7-8-9-10-11-12-13-16-19-24(29)20-17-14-15-18-21-27(32)33-25(22-26(30)31)23-28(2,3)4/h9-10,12-14,16-17,19,24-25,29H,5-8,11,15,18,20-23H2,1-4H3/b10-9+,13-12+,17-14+,19-16+. The zero-order valence-corrected chi connectivity index (χ0v) is 21.1. The molecule has 0 aliphatic carbocycles. The first-order valence-electron chi connectivity index (χ1n) is 12.1. The topological polar surface area (TPSA) is 86.7 Å². The van der Waals surface area contributed by atoms with Gasteiger partial charge in [-0.1, -0.05) is 68.4 Å². The molecule has 0 heterocycles. The predicted octanol–water partition coefficient (Wildman–Crippen LogP) is 3.86. The monoisotopic (exact) mass is 463 g/mol. The lowest BCUT2D eigenvalue weighted by Crippen LogP contribution is -2.45. The summed E-state index contributed by atoms with van der Waals surface area (Å²) in [6, 6.07) is 0. The lowest BCUT2D eigenvalue weighted by molar-refractivity contribution is -0.873. The lowest BCUT2D eigenvalue weighted by Gasteiger charge is -2.29. The number of carboxylic acids is 1. The maximum absolute atomic E-state index is 12.0. The van der Waals surface area contributed by atoms with Gasteiger partial charge in [0.2, 0.25) is 0 Å². The van der Waals surface area contributed by atoms with Crippen LogP contribution in [0, 0.1) is 0 Å². The highest BCUT2D eigenvalue weighted by atomic mass is 16.5. The number of aliphatic hydroxyl groups is 1. The Morgan fingerprint density at radius 2 is 1.67 bits per heavy atom. The van der Waals surface area contributed by atoms with E-state index in [9.17, 15) is 19.8 Å². The second kappa shape index (κ2) is 19.3. The highest BCUT2D eigenvalue weighted by Gasteiger charge is 2.22. The molecule has 0 saturated carbocycles. The van der Waals surface area contributed by atoms with E-state index in [0.29, 0.717) is 30.3 Å². The van der Waals surface area contributed by atoms with Gasteiger partial charge in [0.1, 0.15) is 6.54 Å². The summed E-state index contributed by atoms with van der Waals surface area (Å²) in [6.45, 7) is 2.62. The van der Waals surface area contributed by atoms with Gasteiger partial charge in [-0.3, -0.25) is 4.79 Å². The van der Waals surface area contributed by atoms with E-state index in [-0.39, 0.29) is 12.8 Å². The summed E-state index contributed by atoms with van der Waals surface area (Å²) in [5.41, 5.74) is 0. The van der Waals surface area contributed by atoms with E-state index in [4.69, 9.17) is 4.74 Å². The molecule has 188 valence electrons. The Hall–Kier alpha value is -2.18. The summed E-state index contributed by atoms with van der Waals surface area (Å²) in [6.07, 6.45) is 22.2. The van der Waals surface area contributed by atoms with E-state index in [1.807, 2.05) is 45.4 Å². The molecule has 0 aromatic carbocycles. The van der Waals surface area contributed by atoms with Crippen LogP contribution < -0.4 is 5.11 Å². The predicted molar refractivity (Wildman–Crippen MR) is 132 cm³/mol. The largest absolute Gasteiger partial charge is 0.550 e. The fourth-order valence-corrected chi connectivity index (χ4v) is 3.14. The number of carboxylic acid groups (broad SMARTS) is 1. The van der Waals surface area contributed by atoms with Crippen LogP contribution in [0.3, 0.4) is 0 Å². The number of aliphatic carboxylic acids is 1. The van der Waals surface area contributed by atoms with Crippen molar-refractivity contribution in [1.29, 1.82) is 0 Å². The average molecular weight is 464 g/mol. The minimum absolute atomic E-state index is 0.228. The Bertz CT molecular complexity index is 643. The van der Waals surface area contributed by atoms with Gasteiger partial charge >= 0.3 is 5.97 Å². The lowest BCUT2D eigenvalue weighted by atomic mass is 10.1. The number of allylic oxidation sites excluding steroid dienone is 6.